The zero-order valence-corrected chi connectivity index (χ0v) is 12.7. The highest BCUT2D eigenvalue weighted by molar-refractivity contribution is 8.00. The number of hydrogen-bond donors (Lipinski definition) is 1. The minimum atomic E-state index is -3.02. The fourth-order valence-corrected chi connectivity index (χ4v) is 5.61. The Bertz CT molecular complexity index is 378. The molecular formula is C12H24N2O2S2. The molecule has 18 heavy (non-hydrogen) atoms. The molecule has 4 nitrogen and oxygen atoms in total. The Balaban J connectivity index is 1.97. The van der Waals surface area contributed by atoms with E-state index in [4.69, 9.17) is 5.73 Å². The number of thioether (sulfide) groups is 1. The lowest BCUT2D eigenvalue weighted by Gasteiger charge is -2.36. The van der Waals surface area contributed by atoms with Gasteiger partial charge in [-0.1, -0.05) is 0 Å². The molecule has 2 heterocycles. The van der Waals surface area contributed by atoms with Crippen molar-refractivity contribution < 1.29 is 8.42 Å². The van der Waals surface area contributed by atoms with E-state index in [1.807, 2.05) is 11.8 Å². The first-order valence-corrected chi connectivity index (χ1v) is 9.58. The number of piperidine rings is 1. The molecule has 0 saturated carbocycles. The molecule has 2 saturated heterocycles. The second kappa shape index (κ2) is 5.69. The van der Waals surface area contributed by atoms with Crippen molar-refractivity contribution >= 4 is 21.8 Å². The van der Waals surface area contributed by atoms with E-state index < -0.39 is 10.0 Å². The predicted molar refractivity (Wildman–Crippen MR) is 77.2 cm³/mol. The maximum Gasteiger partial charge on any atom is 0.211 e. The maximum atomic E-state index is 11.6. The largest absolute Gasteiger partial charge is 0.329 e. The van der Waals surface area contributed by atoms with Gasteiger partial charge in [-0.25, -0.2) is 12.7 Å². The Morgan fingerprint density at radius 2 is 2.22 bits per heavy atom. The van der Waals surface area contributed by atoms with Gasteiger partial charge in [0.2, 0.25) is 10.0 Å². The summed E-state index contributed by atoms with van der Waals surface area (Å²) in [5.41, 5.74) is 5.95. The summed E-state index contributed by atoms with van der Waals surface area (Å²) in [5, 5.41) is 0. The highest BCUT2D eigenvalue weighted by Crippen LogP contribution is 2.43. The molecule has 2 rings (SSSR count). The quantitative estimate of drug-likeness (QED) is 0.847. The van der Waals surface area contributed by atoms with Crippen molar-refractivity contribution in [3.05, 3.63) is 0 Å². The molecule has 6 heteroatoms. The van der Waals surface area contributed by atoms with Gasteiger partial charge in [-0.15, -0.1) is 0 Å². The van der Waals surface area contributed by atoms with E-state index >= 15 is 0 Å². The van der Waals surface area contributed by atoms with E-state index in [1.165, 1.54) is 24.9 Å². The Labute approximate surface area is 115 Å². The van der Waals surface area contributed by atoms with Crippen LogP contribution in [-0.4, -0.2) is 49.1 Å². The SMILES string of the molecule is CS(=O)(=O)N1CCCC(CC2(CN)CCCS2)C1. The van der Waals surface area contributed by atoms with E-state index in [1.54, 1.807) is 4.31 Å². The van der Waals surface area contributed by atoms with Gasteiger partial charge in [-0.05, 0) is 43.8 Å². The van der Waals surface area contributed by atoms with Crippen LogP contribution in [0.2, 0.25) is 0 Å². The molecular weight excluding hydrogens is 268 g/mol. The summed E-state index contributed by atoms with van der Waals surface area (Å²) in [6.07, 6.45) is 6.99. The summed E-state index contributed by atoms with van der Waals surface area (Å²) < 4.78 is 25.1. The molecule has 106 valence electrons. The van der Waals surface area contributed by atoms with Crippen LogP contribution in [0.25, 0.3) is 0 Å². The van der Waals surface area contributed by atoms with Gasteiger partial charge < -0.3 is 5.73 Å². The van der Waals surface area contributed by atoms with Crippen LogP contribution >= 0.6 is 11.8 Å². The van der Waals surface area contributed by atoms with Crippen LogP contribution < -0.4 is 5.73 Å². The average Bonchev–Trinajstić information content (AvgIpc) is 2.77. The molecule has 0 radical (unpaired) electrons. The topological polar surface area (TPSA) is 63.4 Å². The smallest absolute Gasteiger partial charge is 0.211 e. The van der Waals surface area contributed by atoms with E-state index in [-0.39, 0.29) is 4.75 Å². The average molecular weight is 292 g/mol. The van der Waals surface area contributed by atoms with Crippen molar-refractivity contribution in [3.63, 3.8) is 0 Å². The molecule has 2 atom stereocenters. The van der Waals surface area contributed by atoms with Crippen molar-refractivity contribution in [2.45, 2.75) is 36.9 Å². The molecule has 0 amide bonds. The van der Waals surface area contributed by atoms with Crippen LogP contribution in [0.4, 0.5) is 0 Å². The first-order chi connectivity index (χ1) is 8.45. The van der Waals surface area contributed by atoms with Gasteiger partial charge >= 0.3 is 0 Å². The van der Waals surface area contributed by atoms with Gasteiger partial charge in [-0.2, -0.15) is 11.8 Å². The molecule has 0 aromatic rings. The summed E-state index contributed by atoms with van der Waals surface area (Å²) in [7, 11) is -3.02. The standard InChI is InChI=1S/C12H24N2O2S2/c1-18(15,16)14-6-2-4-11(9-14)8-12(10-13)5-3-7-17-12/h11H,2-10,13H2,1H3. The fourth-order valence-electron chi connectivity index (χ4n) is 3.18. The molecule has 2 N–H and O–H groups in total. The Kier molecular flexibility index (Phi) is 4.62. The third-order valence-corrected chi connectivity index (χ3v) is 7.08. The summed E-state index contributed by atoms with van der Waals surface area (Å²) in [4.78, 5) is 0. The van der Waals surface area contributed by atoms with Gasteiger partial charge in [0.05, 0.1) is 6.26 Å². The molecule has 0 aromatic carbocycles. The summed E-state index contributed by atoms with van der Waals surface area (Å²) in [5.74, 6) is 1.70. The lowest BCUT2D eigenvalue weighted by atomic mass is 9.86. The Morgan fingerprint density at radius 3 is 2.78 bits per heavy atom. The first-order valence-electron chi connectivity index (χ1n) is 6.74. The number of rotatable bonds is 4. The Morgan fingerprint density at radius 1 is 1.44 bits per heavy atom. The lowest BCUT2D eigenvalue weighted by molar-refractivity contribution is 0.239. The summed E-state index contributed by atoms with van der Waals surface area (Å²) in [6, 6.07) is 0. The van der Waals surface area contributed by atoms with E-state index in [9.17, 15) is 8.42 Å². The van der Waals surface area contributed by atoms with Gasteiger partial charge in [0.15, 0.2) is 0 Å². The normalized spacial score (nSPS) is 34.9. The van der Waals surface area contributed by atoms with Gasteiger partial charge in [0, 0.05) is 24.4 Å². The highest BCUT2D eigenvalue weighted by Gasteiger charge is 2.37. The number of nitrogens with two attached hydrogens (primary N) is 1. The summed E-state index contributed by atoms with van der Waals surface area (Å²) in [6.45, 7) is 2.12. The van der Waals surface area contributed by atoms with Crippen LogP contribution in [0.15, 0.2) is 0 Å². The van der Waals surface area contributed by atoms with Crippen molar-refractivity contribution in [2.24, 2.45) is 11.7 Å². The number of nitrogens with zero attached hydrogens (tertiary/aromatic N) is 1. The van der Waals surface area contributed by atoms with Gasteiger partial charge in [-0.3, -0.25) is 0 Å². The molecule has 2 unspecified atom stereocenters. The second-order valence-corrected chi connectivity index (χ2v) is 9.22. The predicted octanol–water partition coefficient (Wildman–Crippen LogP) is 1.27. The molecule has 0 aromatic heterocycles. The van der Waals surface area contributed by atoms with E-state index in [0.717, 1.165) is 25.8 Å². The maximum absolute atomic E-state index is 11.6. The molecule has 0 aliphatic carbocycles. The van der Waals surface area contributed by atoms with Gasteiger partial charge in [0.1, 0.15) is 0 Å². The van der Waals surface area contributed by atoms with Crippen molar-refractivity contribution in [1.29, 1.82) is 0 Å². The van der Waals surface area contributed by atoms with Crippen molar-refractivity contribution in [2.75, 3.05) is 31.6 Å². The van der Waals surface area contributed by atoms with Gasteiger partial charge in [0.25, 0.3) is 0 Å². The van der Waals surface area contributed by atoms with E-state index in [0.29, 0.717) is 19.0 Å². The highest BCUT2D eigenvalue weighted by atomic mass is 32.2. The molecule has 0 spiro atoms. The fraction of sp³-hybridized carbons (Fsp3) is 1.00. The molecule has 2 fully saturated rings. The van der Waals surface area contributed by atoms with Crippen molar-refractivity contribution in [1.82, 2.24) is 4.31 Å². The van der Waals surface area contributed by atoms with E-state index in [2.05, 4.69) is 0 Å². The van der Waals surface area contributed by atoms with Crippen LogP contribution in [0.5, 0.6) is 0 Å². The third-order valence-electron chi connectivity index (χ3n) is 4.17. The van der Waals surface area contributed by atoms with Crippen LogP contribution in [-0.2, 0) is 10.0 Å². The molecule has 2 aliphatic heterocycles. The van der Waals surface area contributed by atoms with Crippen LogP contribution in [0.3, 0.4) is 0 Å². The minimum Gasteiger partial charge on any atom is -0.329 e. The van der Waals surface area contributed by atoms with Crippen LogP contribution in [0.1, 0.15) is 32.1 Å². The monoisotopic (exact) mass is 292 g/mol. The number of sulfonamides is 1. The Hall–Kier alpha value is 0.220. The molecule has 2 aliphatic rings. The number of hydrogen-bond acceptors (Lipinski definition) is 4. The summed E-state index contributed by atoms with van der Waals surface area (Å²) >= 11 is 2.00. The van der Waals surface area contributed by atoms with Crippen molar-refractivity contribution in [3.8, 4) is 0 Å². The second-order valence-electron chi connectivity index (χ2n) is 5.67. The lowest BCUT2D eigenvalue weighted by Crippen LogP contribution is -2.43. The first kappa shape index (κ1) is 14.6. The third kappa shape index (κ3) is 3.40. The zero-order chi connectivity index (χ0) is 13.2. The van der Waals surface area contributed by atoms with Crippen LogP contribution in [0, 0.1) is 5.92 Å². The minimum absolute atomic E-state index is 0.227. The molecule has 0 bridgehead atoms. The zero-order valence-electron chi connectivity index (χ0n) is 11.1.